The van der Waals surface area contributed by atoms with Crippen molar-refractivity contribution in [2.45, 2.75) is 43.8 Å². The Morgan fingerprint density at radius 2 is 1.88 bits per heavy atom. The molecule has 1 aliphatic carbocycles. The molecule has 1 aromatic carbocycles. The van der Waals surface area contributed by atoms with Gasteiger partial charge in [0.25, 0.3) is 0 Å². The van der Waals surface area contributed by atoms with Crippen LogP contribution in [0.2, 0.25) is 0 Å². The molecular formula is C17H18FN3O2S. The Labute approximate surface area is 143 Å². The third-order valence-corrected chi connectivity index (χ3v) is 5.10. The number of amides is 1. The number of Topliss-reactive ketones (excluding diaryl/α,β-unsaturated/α-hetero) is 1. The molecule has 1 saturated carbocycles. The molecule has 7 heteroatoms. The molecule has 1 atom stereocenters. The lowest BCUT2D eigenvalue weighted by Crippen LogP contribution is -2.26. The molecule has 1 aromatic rings. The highest BCUT2D eigenvalue weighted by Crippen LogP contribution is 2.24. The van der Waals surface area contributed by atoms with Crippen molar-refractivity contribution in [3.05, 3.63) is 35.6 Å². The van der Waals surface area contributed by atoms with Gasteiger partial charge in [-0.25, -0.2) is 4.39 Å². The highest BCUT2D eigenvalue weighted by molar-refractivity contribution is 8.15. The van der Waals surface area contributed by atoms with E-state index >= 15 is 0 Å². The molecule has 3 rings (SSSR count). The first-order valence-corrected chi connectivity index (χ1v) is 8.89. The second kappa shape index (κ2) is 7.70. The van der Waals surface area contributed by atoms with E-state index in [4.69, 9.17) is 0 Å². The van der Waals surface area contributed by atoms with Crippen molar-refractivity contribution in [1.29, 1.82) is 0 Å². The number of carbonyl (C=O) groups is 2. The monoisotopic (exact) mass is 347 g/mol. The van der Waals surface area contributed by atoms with Crippen LogP contribution in [0.15, 0.2) is 34.5 Å². The Morgan fingerprint density at radius 3 is 2.58 bits per heavy atom. The first-order valence-electron chi connectivity index (χ1n) is 8.01. The summed E-state index contributed by atoms with van der Waals surface area (Å²) in [6.07, 6.45) is 5.48. The quantitative estimate of drug-likeness (QED) is 0.671. The van der Waals surface area contributed by atoms with Crippen LogP contribution in [0.4, 0.5) is 4.39 Å². The molecule has 1 heterocycles. The van der Waals surface area contributed by atoms with Gasteiger partial charge in [0.2, 0.25) is 5.91 Å². The van der Waals surface area contributed by atoms with E-state index in [9.17, 15) is 14.0 Å². The normalized spacial score (nSPS) is 22.5. The lowest BCUT2D eigenvalue weighted by molar-refractivity contribution is -0.118. The molecule has 1 saturated heterocycles. The Morgan fingerprint density at radius 1 is 1.17 bits per heavy atom. The van der Waals surface area contributed by atoms with Gasteiger partial charge in [-0.05, 0) is 49.9 Å². The predicted molar refractivity (Wildman–Crippen MR) is 92.8 cm³/mol. The molecule has 2 aliphatic rings. The number of nitrogens with one attached hydrogen (secondary N) is 1. The molecule has 0 spiro atoms. The first kappa shape index (κ1) is 16.8. The Hall–Kier alpha value is -2.02. The molecule has 1 aliphatic heterocycles. The van der Waals surface area contributed by atoms with Gasteiger partial charge in [0.05, 0.1) is 5.25 Å². The zero-order valence-corrected chi connectivity index (χ0v) is 13.9. The minimum atomic E-state index is -0.521. The lowest BCUT2D eigenvalue weighted by atomic mass is 9.99. The van der Waals surface area contributed by atoms with Crippen LogP contribution >= 0.6 is 11.8 Å². The summed E-state index contributed by atoms with van der Waals surface area (Å²) in [5, 5.41) is 10.9. The fourth-order valence-corrected chi connectivity index (χ4v) is 3.60. The smallest absolute Gasteiger partial charge is 0.240 e. The van der Waals surface area contributed by atoms with E-state index in [-0.39, 0.29) is 18.1 Å². The molecule has 0 aromatic heterocycles. The van der Waals surface area contributed by atoms with Crippen molar-refractivity contribution < 1.29 is 14.0 Å². The number of amidine groups is 1. The van der Waals surface area contributed by atoms with Gasteiger partial charge in [-0.1, -0.05) is 18.2 Å². The summed E-state index contributed by atoms with van der Waals surface area (Å²) in [6, 6.07) is 5.34. The van der Waals surface area contributed by atoms with Crippen molar-refractivity contribution in [3.8, 4) is 0 Å². The van der Waals surface area contributed by atoms with Crippen molar-refractivity contribution in [2.75, 3.05) is 0 Å². The highest BCUT2D eigenvalue weighted by Gasteiger charge is 2.32. The molecule has 2 fully saturated rings. The zero-order chi connectivity index (χ0) is 16.9. The summed E-state index contributed by atoms with van der Waals surface area (Å²) in [6.45, 7) is 0. The number of benzene rings is 1. The van der Waals surface area contributed by atoms with Gasteiger partial charge in [-0.2, -0.15) is 5.10 Å². The highest BCUT2D eigenvalue weighted by atomic mass is 32.2. The van der Waals surface area contributed by atoms with Crippen LogP contribution in [-0.4, -0.2) is 27.8 Å². The van der Waals surface area contributed by atoms with E-state index in [0.717, 1.165) is 31.4 Å². The third kappa shape index (κ3) is 4.29. The number of thioether (sulfide) groups is 1. The number of carbonyl (C=O) groups excluding carboxylic acids is 2. The molecule has 1 amide bonds. The van der Waals surface area contributed by atoms with Crippen LogP contribution in [0.1, 0.15) is 48.9 Å². The van der Waals surface area contributed by atoms with Crippen molar-refractivity contribution in [3.63, 3.8) is 0 Å². The van der Waals surface area contributed by atoms with Gasteiger partial charge in [-0.3, -0.25) is 9.59 Å². The summed E-state index contributed by atoms with van der Waals surface area (Å²) in [7, 11) is 0. The first-order chi connectivity index (χ1) is 11.6. The maximum absolute atomic E-state index is 12.9. The van der Waals surface area contributed by atoms with Crippen LogP contribution in [0.5, 0.6) is 0 Å². The number of hydrogen-bond acceptors (Lipinski definition) is 5. The Kier molecular flexibility index (Phi) is 5.40. The number of rotatable bonds is 4. The van der Waals surface area contributed by atoms with Crippen LogP contribution < -0.4 is 5.32 Å². The molecule has 0 radical (unpaired) electrons. The molecule has 0 unspecified atom stereocenters. The number of halogens is 1. The van der Waals surface area contributed by atoms with E-state index in [2.05, 4.69) is 15.5 Å². The summed E-state index contributed by atoms with van der Waals surface area (Å²) in [5.41, 5.74) is 1.46. The largest absolute Gasteiger partial charge is 0.303 e. The Bertz CT molecular complexity index is 692. The lowest BCUT2D eigenvalue weighted by Gasteiger charge is -2.10. The van der Waals surface area contributed by atoms with E-state index in [1.165, 1.54) is 42.4 Å². The molecule has 126 valence electrons. The topological polar surface area (TPSA) is 70.9 Å². The molecule has 1 N–H and O–H groups in total. The maximum Gasteiger partial charge on any atom is 0.240 e. The van der Waals surface area contributed by atoms with Gasteiger partial charge < -0.3 is 5.32 Å². The fraction of sp³-hybridized carbons (Fsp3) is 0.412. The Balaban J connectivity index is 1.60. The molecule has 0 bridgehead atoms. The maximum atomic E-state index is 12.9. The van der Waals surface area contributed by atoms with Gasteiger partial charge in [0.1, 0.15) is 5.82 Å². The van der Waals surface area contributed by atoms with Crippen molar-refractivity contribution >= 4 is 34.3 Å². The van der Waals surface area contributed by atoms with E-state index in [1.54, 1.807) is 0 Å². The second-order valence-corrected chi connectivity index (χ2v) is 7.05. The fourth-order valence-electron chi connectivity index (χ4n) is 2.68. The zero-order valence-electron chi connectivity index (χ0n) is 13.1. The summed E-state index contributed by atoms with van der Waals surface area (Å²) < 4.78 is 12.9. The average Bonchev–Trinajstić information content (AvgIpc) is 2.94. The summed E-state index contributed by atoms with van der Waals surface area (Å²) in [4.78, 5) is 24.2. The van der Waals surface area contributed by atoms with Gasteiger partial charge in [-0.15, -0.1) is 5.10 Å². The molecule has 5 nitrogen and oxygen atoms in total. The van der Waals surface area contributed by atoms with E-state index < -0.39 is 11.1 Å². The summed E-state index contributed by atoms with van der Waals surface area (Å²) >= 11 is 1.22. The van der Waals surface area contributed by atoms with Crippen molar-refractivity contribution in [2.24, 2.45) is 10.2 Å². The van der Waals surface area contributed by atoms with Gasteiger partial charge in [0, 0.05) is 17.7 Å². The average molecular weight is 347 g/mol. The second-order valence-electron chi connectivity index (χ2n) is 5.86. The van der Waals surface area contributed by atoms with Gasteiger partial charge in [0.15, 0.2) is 11.0 Å². The van der Waals surface area contributed by atoms with E-state index in [1.807, 2.05) is 0 Å². The minimum absolute atomic E-state index is 0.0533. The van der Waals surface area contributed by atoms with Crippen LogP contribution in [0.3, 0.4) is 0 Å². The van der Waals surface area contributed by atoms with Crippen LogP contribution in [0.25, 0.3) is 0 Å². The summed E-state index contributed by atoms with van der Waals surface area (Å²) in [5.74, 6) is -0.823. The molecule has 24 heavy (non-hydrogen) atoms. The van der Waals surface area contributed by atoms with Gasteiger partial charge >= 0.3 is 0 Å². The van der Waals surface area contributed by atoms with E-state index in [0.29, 0.717) is 10.7 Å². The van der Waals surface area contributed by atoms with Crippen LogP contribution in [-0.2, 0) is 4.79 Å². The predicted octanol–water partition coefficient (Wildman–Crippen LogP) is 3.31. The number of nitrogens with zero attached hydrogens (tertiary/aromatic N) is 2. The minimum Gasteiger partial charge on any atom is -0.303 e. The SMILES string of the molecule is O=C(C[C@@H]1S/C(=N/N=C2CCCCC2)NC1=O)c1ccc(F)cc1. The third-order valence-electron chi connectivity index (χ3n) is 4.03. The number of hydrogen-bond donors (Lipinski definition) is 1. The van der Waals surface area contributed by atoms with Crippen LogP contribution in [0, 0.1) is 5.82 Å². The standard InChI is InChI=1S/C17H18FN3O2S/c18-12-8-6-11(7-9-12)14(22)10-15-16(23)19-17(24-15)21-20-13-4-2-1-3-5-13/h6-9,15H,1-5,10H2,(H,19,21,23)/t15-/m0/s1. The number of ketones is 1. The van der Waals surface area contributed by atoms with Crippen molar-refractivity contribution in [1.82, 2.24) is 5.32 Å². The molecular weight excluding hydrogens is 329 g/mol.